The van der Waals surface area contributed by atoms with Gasteiger partial charge in [0.05, 0.1) is 12.2 Å². The summed E-state index contributed by atoms with van der Waals surface area (Å²) in [5.41, 5.74) is 0.561. The highest BCUT2D eigenvalue weighted by Gasteiger charge is 2.07. The van der Waals surface area contributed by atoms with Gasteiger partial charge in [-0.25, -0.2) is 4.79 Å². The lowest BCUT2D eigenvalue weighted by molar-refractivity contribution is -0.137. The molecular weight excluding hydrogens is 318 g/mol. The molecule has 0 atom stereocenters. The van der Waals surface area contributed by atoms with Gasteiger partial charge in [0.15, 0.2) is 0 Å². The van der Waals surface area contributed by atoms with Crippen molar-refractivity contribution in [2.45, 2.75) is 0 Å². The molecule has 0 aromatic heterocycles. The van der Waals surface area contributed by atoms with Crippen LogP contribution in [0.15, 0.2) is 28.7 Å². The molecule has 0 spiro atoms. The molecular formula is C11H12BrN3O4. The van der Waals surface area contributed by atoms with Crippen LogP contribution in [0.5, 0.6) is 0 Å². The first kappa shape index (κ1) is 15.0. The second-order valence-electron chi connectivity index (χ2n) is 3.46. The van der Waals surface area contributed by atoms with E-state index in [0.29, 0.717) is 10.2 Å². The van der Waals surface area contributed by atoms with E-state index >= 15 is 0 Å². The molecule has 0 bridgehead atoms. The highest BCUT2D eigenvalue weighted by Crippen LogP contribution is 2.20. The van der Waals surface area contributed by atoms with Crippen molar-refractivity contribution in [1.29, 1.82) is 0 Å². The number of hydrogen-bond donors (Lipinski definition) is 4. The molecule has 1 aromatic rings. The number of urea groups is 1. The molecule has 19 heavy (non-hydrogen) atoms. The van der Waals surface area contributed by atoms with E-state index in [1.807, 2.05) is 0 Å². The predicted molar refractivity (Wildman–Crippen MR) is 71.8 cm³/mol. The molecule has 0 aliphatic rings. The molecule has 0 radical (unpaired) electrons. The maximum atomic E-state index is 11.5. The summed E-state index contributed by atoms with van der Waals surface area (Å²) in [6.07, 6.45) is 0. The van der Waals surface area contributed by atoms with Crippen LogP contribution in [0.2, 0.25) is 0 Å². The highest BCUT2D eigenvalue weighted by molar-refractivity contribution is 9.10. The normalized spacial score (nSPS) is 9.53. The average molecular weight is 330 g/mol. The number of nitrogens with one attached hydrogen (secondary N) is 3. The molecule has 8 heteroatoms. The summed E-state index contributed by atoms with van der Waals surface area (Å²) in [7, 11) is 0. The van der Waals surface area contributed by atoms with Crippen molar-refractivity contribution in [3.8, 4) is 0 Å². The lowest BCUT2D eigenvalue weighted by Crippen LogP contribution is -2.40. The van der Waals surface area contributed by atoms with Crippen LogP contribution in [-0.2, 0) is 9.59 Å². The first-order chi connectivity index (χ1) is 8.99. The fourth-order valence-corrected chi connectivity index (χ4v) is 1.51. The van der Waals surface area contributed by atoms with Crippen LogP contribution >= 0.6 is 15.9 Å². The molecule has 0 aliphatic heterocycles. The SMILES string of the molecule is O=C(O)CNC(=O)CNC(=O)Nc1ccccc1Br. The number of hydrogen-bond acceptors (Lipinski definition) is 3. The first-order valence-electron chi connectivity index (χ1n) is 5.27. The monoisotopic (exact) mass is 329 g/mol. The van der Waals surface area contributed by atoms with Gasteiger partial charge in [-0.05, 0) is 28.1 Å². The van der Waals surface area contributed by atoms with Gasteiger partial charge in [0.25, 0.3) is 0 Å². The summed E-state index contributed by atoms with van der Waals surface area (Å²) in [4.78, 5) is 32.8. The van der Waals surface area contributed by atoms with Crippen LogP contribution in [0, 0.1) is 0 Å². The lowest BCUT2D eigenvalue weighted by Gasteiger charge is -2.08. The minimum atomic E-state index is -1.15. The Bertz CT molecular complexity index is 493. The molecule has 0 heterocycles. The third kappa shape index (κ3) is 5.87. The standard InChI is InChI=1S/C11H12BrN3O4/c12-7-3-1-2-4-8(7)15-11(19)14-5-9(16)13-6-10(17)18/h1-4H,5-6H2,(H,13,16)(H,17,18)(H2,14,15,19). The summed E-state index contributed by atoms with van der Waals surface area (Å²) in [6, 6.07) is 6.44. The summed E-state index contributed by atoms with van der Waals surface area (Å²) in [6.45, 7) is -0.782. The molecule has 102 valence electrons. The largest absolute Gasteiger partial charge is 0.480 e. The zero-order valence-corrected chi connectivity index (χ0v) is 11.4. The van der Waals surface area contributed by atoms with Crippen LogP contribution in [0.4, 0.5) is 10.5 Å². The number of amides is 3. The van der Waals surface area contributed by atoms with Crippen LogP contribution in [0.1, 0.15) is 0 Å². The predicted octanol–water partition coefficient (Wildman–Crippen LogP) is 0.771. The first-order valence-corrected chi connectivity index (χ1v) is 6.06. The maximum Gasteiger partial charge on any atom is 0.322 e. The van der Waals surface area contributed by atoms with Crippen LogP contribution in [0.25, 0.3) is 0 Å². The molecule has 0 fully saturated rings. The number of para-hydroxylation sites is 1. The Morgan fingerprint density at radius 2 is 1.79 bits per heavy atom. The second kappa shape index (κ2) is 7.37. The van der Waals surface area contributed by atoms with E-state index in [9.17, 15) is 14.4 Å². The third-order valence-electron chi connectivity index (χ3n) is 1.97. The minimum Gasteiger partial charge on any atom is -0.480 e. The van der Waals surface area contributed by atoms with Gasteiger partial charge in [0.1, 0.15) is 6.54 Å². The number of anilines is 1. The number of benzene rings is 1. The molecule has 1 rings (SSSR count). The van der Waals surface area contributed by atoms with Gasteiger partial charge in [-0.2, -0.15) is 0 Å². The van der Waals surface area contributed by atoms with Gasteiger partial charge in [-0.1, -0.05) is 12.1 Å². The van der Waals surface area contributed by atoms with Crippen LogP contribution in [-0.4, -0.2) is 36.1 Å². The van der Waals surface area contributed by atoms with Gasteiger partial charge in [-0.3, -0.25) is 9.59 Å². The molecule has 0 saturated heterocycles. The molecule has 3 amide bonds. The smallest absolute Gasteiger partial charge is 0.322 e. The Morgan fingerprint density at radius 1 is 1.11 bits per heavy atom. The molecule has 4 N–H and O–H groups in total. The highest BCUT2D eigenvalue weighted by atomic mass is 79.9. The number of carboxylic acids is 1. The number of aliphatic carboxylic acids is 1. The van der Waals surface area contributed by atoms with Crippen molar-refractivity contribution in [2.24, 2.45) is 0 Å². The van der Waals surface area contributed by atoms with Gasteiger partial charge in [-0.15, -0.1) is 0 Å². The Hall–Kier alpha value is -2.09. The van der Waals surface area contributed by atoms with Crippen molar-refractivity contribution < 1.29 is 19.5 Å². The molecule has 1 aromatic carbocycles. The van der Waals surface area contributed by atoms with Crippen molar-refractivity contribution in [1.82, 2.24) is 10.6 Å². The van der Waals surface area contributed by atoms with E-state index in [0.717, 1.165) is 0 Å². The Labute approximate surface area is 117 Å². The van der Waals surface area contributed by atoms with Gasteiger partial charge < -0.3 is 21.1 Å². The topological polar surface area (TPSA) is 108 Å². The number of carbonyl (C=O) groups is 3. The van der Waals surface area contributed by atoms with E-state index in [1.165, 1.54) is 0 Å². The summed E-state index contributed by atoms with van der Waals surface area (Å²) < 4.78 is 0.709. The minimum absolute atomic E-state index is 0.302. The van der Waals surface area contributed by atoms with Crippen molar-refractivity contribution >= 4 is 39.5 Å². The Kier molecular flexibility index (Phi) is 5.80. The van der Waals surface area contributed by atoms with E-state index < -0.39 is 24.5 Å². The molecule has 0 saturated carbocycles. The second-order valence-corrected chi connectivity index (χ2v) is 4.31. The number of halogens is 1. The summed E-state index contributed by atoms with van der Waals surface area (Å²) in [5, 5.41) is 15.3. The fourth-order valence-electron chi connectivity index (χ4n) is 1.13. The average Bonchev–Trinajstić information content (AvgIpc) is 2.36. The molecule has 0 aliphatic carbocycles. The number of carboxylic acid groups (broad SMARTS) is 1. The Morgan fingerprint density at radius 3 is 2.42 bits per heavy atom. The zero-order chi connectivity index (χ0) is 14.3. The molecule has 0 unspecified atom stereocenters. The van der Waals surface area contributed by atoms with Crippen molar-refractivity contribution in [2.75, 3.05) is 18.4 Å². The fraction of sp³-hybridized carbons (Fsp3) is 0.182. The zero-order valence-electron chi connectivity index (χ0n) is 9.77. The van der Waals surface area contributed by atoms with Crippen molar-refractivity contribution in [3.63, 3.8) is 0 Å². The number of carbonyl (C=O) groups excluding carboxylic acids is 2. The van der Waals surface area contributed by atoms with E-state index in [4.69, 9.17) is 5.11 Å². The Balaban J connectivity index is 2.34. The molecule has 7 nitrogen and oxygen atoms in total. The quantitative estimate of drug-likeness (QED) is 0.640. The lowest BCUT2D eigenvalue weighted by atomic mass is 10.3. The van der Waals surface area contributed by atoms with E-state index in [1.54, 1.807) is 24.3 Å². The van der Waals surface area contributed by atoms with Crippen LogP contribution in [0.3, 0.4) is 0 Å². The number of rotatable bonds is 5. The summed E-state index contributed by atoms with van der Waals surface area (Å²) in [5.74, 6) is -1.73. The third-order valence-corrected chi connectivity index (χ3v) is 2.66. The van der Waals surface area contributed by atoms with Gasteiger partial charge in [0.2, 0.25) is 5.91 Å². The van der Waals surface area contributed by atoms with E-state index in [2.05, 4.69) is 31.9 Å². The van der Waals surface area contributed by atoms with Crippen molar-refractivity contribution in [3.05, 3.63) is 28.7 Å². The van der Waals surface area contributed by atoms with Gasteiger partial charge >= 0.3 is 12.0 Å². The van der Waals surface area contributed by atoms with Gasteiger partial charge in [0, 0.05) is 4.47 Å². The van der Waals surface area contributed by atoms with Crippen LogP contribution < -0.4 is 16.0 Å². The summed E-state index contributed by atoms with van der Waals surface area (Å²) >= 11 is 3.26. The van der Waals surface area contributed by atoms with E-state index in [-0.39, 0.29) is 6.54 Å². The maximum absolute atomic E-state index is 11.5.